The summed E-state index contributed by atoms with van der Waals surface area (Å²) in [5, 5.41) is 16.6. The molecule has 10 nitrogen and oxygen atoms in total. The topological polar surface area (TPSA) is 136 Å². The maximum atomic E-state index is 12.2. The molecule has 162 valence electrons. The molecule has 1 aliphatic heterocycles. The predicted octanol–water partition coefficient (Wildman–Crippen LogP) is 2.33. The number of anilines is 1. The van der Waals surface area contributed by atoms with Crippen molar-refractivity contribution >= 4 is 27.5 Å². The summed E-state index contributed by atoms with van der Waals surface area (Å²) < 4.78 is 28.4. The van der Waals surface area contributed by atoms with E-state index in [-0.39, 0.29) is 16.5 Å². The monoisotopic (exact) mass is 428 g/mol. The molecule has 1 atom stereocenters. The van der Waals surface area contributed by atoms with Crippen LogP contribution in [0.1, 0.15) is 33.6 Å². The molecular weight excluding hydrogens is 400 g/mol. The van der Waals surface area contributed by atoms with E-state index in [4.69, 9.17) is 9.88 Å². The third-order valence-electron chi connectivity index (χ3n) is 4.57. The normalized spacial score (nSPS) is 17.7. The standard InChI is InChI=1S/C18H28N4O6S/c1-18(2,3)28-17(23)20(4)11-13-6-5-9-21(12-13)15-8-7-14(29(19,26)27)10-16(15)22(24)25/h7-8,10,13H,5-6,9,11-12H2,1-4H3,(H2,19,26,27). The van der Waals surface area contributed by atoms with Crippen LogP contribution in [0.5, 0.6) is 0 Å². The van der Waals surface area contributed by atoms with Crippen LogP contribution in [-0.2, 0) is 14.8 Å². The Balaban J connectivity index is 2.16. The van der Waals surface area contributed by atoms with Crippen molar-refractivity contribution in [3.63, 3.8) is 0 Å². The number of benzene rings is 1. The van der Waals surface area contributed by atoms with E-state index in [1.54, 1.807) is 27.8 Å². The van der Waals surface area contributed by atoms with Crippen LogP contribution in [0, 0.1) is 16.0 Å². The Morgan fingerprint density at radius 2 is 2.07 bits per heavy atom. The predicted molar refractivity (Wildman–Crippen MR) is 108 cm³/mol. The van der Waals surface area contributed by atoms with Crippen molar-refractivity contribution in [1.29, 1.82) is 0 Å². The maximum Gasteiger partial charge on any atom is 0.410 e. The summed E-state index contributed by atoms with van der Waals surface area (Å²) in [7, 11) is -2.38. The molecule has 1 saturated heterocycles. The number of hydrogen-bond acceptors (Lipinski definition) is 7. The molecule has 1 aromatic carbocycles. The fourth-order valence-corrected chi connectivity index (χ4v) is 3.86. The maximum absolute atomic E-state index is 12.2. The van der Waals surface area contributed by atoms with Gasteiger partial charge in [-0.3, -0.25) is 10.1 Å². The van der Waals surface area contributed by atoms with Crippen LogP contribution < -0.4 is 10.0 Å². The smallest absolute Gasteiger partial charge is 0.410 e. The largest absolute Gasteiger partial charge is 0.444 e. The Morgan fingerprint density at radius 1 is 1.41 bits per heavy atom. The zero-order valence-corrected chi connectivity index (χ0v) is 17.9. The third-order valence-corrected chi connectivity index (χ3v) is 5.48. The van der Waals surface area contributed by atoms with Crippen LogP contribution in [0.3, 0.4) is 0 Å². The summed E-state index contributed by atoms with van der Waals surface area (Å²) in [6.07, 6.45) is 1.24. The number of sulfonamides is 1. The van der Waals surface area contributed by atoms with E-state index in [0.29, 0.717) is 25.3 Å². The van der Waals surface area contributed by atoms with Gasteiger partial charge in [-0.05, 0) is 51.7 Å². The summed E-state index contributed by atoms with van der Waals surface area (Å²) >= 11 is 0. The Hall–Kier alpha value is -2.40. The molecule has 0 radical (unpaired) electrons. The summed E-state index contributed by atoms with van der Waals surface area (Å²) in [4.78, 5) is 26.1. The molecule has 1 aliphatic rings. The van der Waals surface area contributed by atoms with Crippen LogP contribution >= 0.6 is 0 Å². The fraction of sp³-hybridized carbons (Fsp3) is 0.611. The van der Waals surface area contributed by atoms with Gasteiger partial charge in [0.25, 0.3) is 5.69 Å². The van der Waals surface area contributed by atoms with Crippen LogP contribution in [0.4, 0.5) is 16.2 Å². The molecule has 2 rings (SSSR count). The minimum Gasteiger partial charge on any atom is -0.444 e. The minimum absolute atomic E-state index is 0.0961. The number of carbonyl (C=O) groups excluding carboxylic acids is 1. The summed E-state index contributed by atoms with van der Waals surface area (Å²) in [5.41, 5.74) is -0.556. The molecular formula is C18H28N4O6S. The van der Waals surface area contributed by atoms with Crippen LogP contribution in [0.25, 0.3) is 0 Å². The lowest BCUT2D eigenvalue weighted by Gasteiger charge is -2.36. The van der Waals surface area contributed by atoms with E-state index >= 15 is 0 Å². The number of nitrogens with zero attached hydrogens (tertiary/aromatic N) is 3. The first-order chi connectivity index (χ1) is 13.3. The van der Waals surface area contributed by atoms with Crippen molar-refractivity contribution < 1.29 is 22.9 Å². The van der Waals surface area contributed by atoms with Gasteiger partial charge in [-0.2, -0.15) is 0 Å². The SMILES string of the molecule is CN(CC1CCCN(c2ccc(S(N)(=O)=O)cc2[N+](=O)[O-])C1)C(=O)OC(C)(C)C. The van der Waals surface area contributed by atoms with Crippen molar-refractivity contribution in [2.75, 3.05) is 31.6 Å². The molecule has 29 heavy (non-hydrogen) atoms. The van der Waals surface area contributed by atoms with E-state index in [1.165, 1.54) is 17.0 Å². The second kappa shape index (κ2) is 8.54. The number of ether oxygens (including phenoxy) is 1. The van der Waals surface area contributed by atoms with E-state index in [9.17, 15) is 23.3 Å². The van der Waals surface area contributed by atoms with Gasteiger partial charge < -0.3 is 14.5 Å². The molecule has 0 aromatic heterocycles. The molecule has 0 saturated carbocycles. The average molecular weight is 429 g/mol. The van der Waals surface area contributed by atoms with E-state index in [1.807, 2.05) is 4.90 Å². The van der Waals surface area contributed by atoms with Gasteiger partial charge in [0.1, 0.15) is 11.3 Å². The van der Waals surface area contributed by atoms with Crippen molar-refractivity contribution in [2.45, 2.75) is 44.1 Å². The first-order valence-corrected chi connectivity index (χ1v) is 10.8. The first kappa shape index (κ1) is 22.9. The number of rotatable bonds is 5. The first-order valence-electron chi connectivity index (χ1n) is 9.28. The number of hydrogen-bond donors (Lipinski definition) is 1. The van der Waals surface area contributed by atoms with Gasteiger partial charge >= 0.3 is 6.09 Å². The minimum atomic E-state index is -4.04. The summed E-state index contributed by atoms with van der Waals surface area (Å²) in [6.45, 7) is 6.95. The van der Waals surface area contributed by atoms with Gasteiger partial charge in [-0.25, -0.2) is 18.4 Å². The molecule has 11 heteroatoms. The van der Waals surface area contributed by atoms with Gasteiger partial charge in [0.15, 0.2) is 0 Å². The highest BCUT2D eigenvalue weighted by atomic mass is 32.2. The molecule has 1 aromatic rings. The molecule has 0 aliphatic carbocycles. The number of piperidine rings is 1. The Labute approximate surface area is 170 Å². The molecule has 0 spiro atoms. The number of nitrogens with two attached hydrogens (primary N) is 1. The van der Waals surface area contributed by atoms with Crippen molar-refractivity contribution in [1.82, 2.24) is 4.90 Å². The molecule has 0 bridgehead atoms. The summed E-state index contributed by atoms with van der Waals surface area (Å²) in [6, 6.07) is 3.67. The van der Waals surface area contributed by atoms with Crippen molar-refractivity contribution in [2.24, 2.45) is 11.1 Å². The zero-order valence-electron chi connectivity index (χ0n) is 17.1. The van der Waals surface area contributed by atoms with Crippen molar-refractivity contribution in [3.8, 4) is 0 Å². The molecule has 2 N–H and O–H groups in total. The molecule has 1 heterocycles. The summed E-state index contributed by atoms with van der Waals surface area (Å²) in [5.74, 6) is 0.0961. The number of primary sulfonamides is 1. The number of amides is 1. The lowest BCUT2D eigenvalue weighted by Crippen LogP contribution is -2.43. The van der Waals surface area contributed by atoms with Gasteiger partial charge in [0.05, 0.1) is 9.82 Å². The highest BCUT2D eigenvalue weighted by Crippen LogP contribution is 2.33. The number of nitro benzene ring substituents is 1. The zero-order chi connectivity index (χ0) is 22.0. The highest BCUT2D eigenvalue weighted by molar-refractivity contribution is 7.89. The van der Waals surface area contributed by atoms with E-state index < -0.39 is 26.6 Å². The lowest BCUT2D eigenvalue weighted by molar-refractivity contribution is -0.384. The molecule has 1 fully saturated rings. The Morgan fingerprint density at radius 3 is 2.62 bits per heavy atom. The van der Waals surface area contributed by atoms with E-state index in [2.05, 4.69) is 0 Å². The fourth-order valence-electron chi connectivity index (χ4n) is 3.33. The van der Waals surface area contributed by atoms with E-state index in [0.717, 1.165) is 18.9 Å². The van der Waals surface area contributed by atoms with Crippen LogP contribution in [0.15, 0.2) is 23.1 Å². The number of nitro groups is 1. The lowest BCUT2D eigenvalue weighted by atomic mass is 9.97. The molecule has 1 amide bonds. The second-order valence-corrected chi connectivity index (χ2v) is 9.83. The highest BCUT2D eigenvalue weighted by Gasteiger charge is 2.29. The third kappa shape index (κ3) is 6.29. The van der Waals surface area contributed by atoms with Gasteiger partial charge in [-0.1, -0.05) is 0 Å². The second-order valence-electron chi connectivity index (χ2n) is 8.27. The average Bonchev–Trinajstić information content (AvgIpc) is 2.59. The number of carbonyl (C=O) groups is 1. The molecule has 1 unspecified atom stereocenters. The quantitative estimate of drug-likeness (QED) is 0.561. The van der Waals surface area contributed by atoms with Crippen molar-refractivity contribution in [3.05, 3.63) is 28.3 Å². The Bertz CT molecular complexity index is 881. The van der Waals surface area contributed by atoms with Crippen LogP contribution in [0.2, 0.25) is 0 Å². The van der Waals surface area contributed by atoms with Crippen LogP contribution in [-0.4, -0.2) is 56.6 Å². The van der Waals surface area contributed by atoms with Gasteiger partial charge in [-0.15, -0.1) is 0 Å². The van der Waals surface area contributed by atoms with Gasteiger partial charge in [0, 0.05) is 32.7 Å². The van der Waals surface area contributed by atoms with Gasteiger partial charge in [0.2, 0.25) is 10.0 Å². The Kier molecular flexibility index (Phi) is 6.74.